The second-order valence-corrected chi connectivity index (χ2v) is 5.40. The Balaban J connectivity index is 2.29. The highest BCUT2D eigenvalue weighted by Gasteiger charge is 2.31. The van der Waals surface area contributed by atoms with E-state index < -0.39 is 4.51 Å². The summed E-state index contributed by atoms with van der Waals surface area (Å²) in [5.41, 5.74) is 0.872. The van der Waals surface area contributed by atoms with Crippen molar-refractivity contribution in [3.63, 3.8) is 0 Å². The Labute approximate surface area is 114 Å². The number of benzene rings is 1. The quantitative estimate of drug-likeness (QED) is 0.688. The molecule has 4 heteroatoms. The average Bonchev–Trinajstić information content (AvgIpc) is 2.39. The maximum absolute atomic E-state index is 12.2. The first-order valence-electron chi connectivity index (χ1n) is 5.51. The first-order chi connectivity index (χ1) is 8.56. The molecule has 0 amide bonds. The summed E-state index contributed by atoms with van der Waals surface area (Å²) in [4.78, 5) is 12.2. The van der Waals surface area contributed by atoms with Crippen LogP contribution in [0.1, 0.15) is 16.8 Å². The fourth-order valence-corrected chi connectivity index (χ4v) is 2.18. The summed E-state index contributed by atoms with van der Waals surface area (Å²) in [6.45, 7) is 0. The predicted molar refractivity (Wildman–Crippen MR) is 72.9 cm³/mol. The van der Waals surface area contributed by atoms with Crippen LogP contribution in [0, 0.1) is 0 Å². The maximum Gasteiger partial charge on any atom is 0.196 e. The molecule has 94 valence electrons. The van der Waals surface area contributed by atoms with Gasteiger partial charge in [0.1, 0.15) is 10.3 Å². The van der Waals surface area contributed by atoms with E-state index in [1.807, 2.05) is 6.07 Å². The summed E-state index contributed by atoms with van der Waals surface area (Å²) >= 11 is 3.35. The zero-order chi connectivity index (χ0) is 13.2. The Morgan fingerprint density at radius 2 is 2.06 bits per heavy atom. The monoisotopic (exact) mass is 308 g/mol. The minimum absolute atomic E-state index is 0.0325. The lowest BCUT2D eigenvalue weighted by molar-refractivity contribution is 0.0978. The number of ether oxygens (including phenoxy) is 1. The van der Waals surface area contributed by atoms with Crippen molar-refractivity contribution < 1.29 is 14.6 Å². The average molecular weight is 309 g/mol. The summed E-state index contributed by atoms with van der Waals surface area (Å²) in [6.07, 6.45) is 3.54. The lowest BCUT2D eigenvalue weighted by Gasteiger charge is -2.25. The van der Waals surface area contributed by atoms with Crippen LogP contribution in [0.25, 0.3) is 0 Å². The minimum atomic E-state index is -0.725. The molecule has 0 radical (unpaired) electrons. The van der Waals surface area contributed by atoms with E-state index in [1.165, 1.54) is 7.11 Å². The van der Waals surface area contributed by atoms with Crippen LogP contribution >= 0.6 is 15.9 Å². The van der Waals surface area contributed by atoms with Crippen molar-refractivity contribution in [3.8, 4) is 0 Å². The molecule has 0 saturated heterocycles. The maximum atomic E-state index is 12.2. The van der Waals surface area contributed by atoms with Crippen molar-refractivity contribution in [2.75, 3.05) is 7.11 Å². The van der Waals surface area contributed by atoms with Crippen LogP contribution in [0.4, 0.5) is 0 Å². The van der Waals surface area contributed by atoms with Crippen LogP contribution < -0.4 is 0 Å². The molecule has 1 aliphatic rings. The van der Waals surface area contributed by atoms with E-state index in [9.17, 15) is 9.90 Å². The Morgan fingerprint density at radius 3 is 2.61 bits per heavy atom. The van der Waals surface area contributed by atoms with Crippen LogP contribution in [0.5, 0.6) is 0 Å². The highest BCUT2D eigenvalue weighted by atomic mass is 79.9. The van der Waals surface area contributed by atoms with Crippen molar-refractivity contribution in [1.29, 1.82) is 0 Å². The van der Waals surface area contributed by atoms with E-state index in [-0.39, 0.29) is 18.0 Å². The number of methoxy groups -OCH3 is 1. The number of carbonyl (C=O) groups excluding carboxylic acids is 1. The Bertz CT molecular complexity index is 519. The fourth-order valence-electron chi connectivity index (χ4n) is 1.78. The van der Waals surface area contributed by atoms with Gasteiger partial charge in [0.15, 0.2) is 5.78 Å². The van der Waals surface area contributed by atoms with Gasteiger partial charge in [0.05, 0.1) is 5.57 Å². The van der Waals surface area contributed by atoms with Gasteiger partial charge in [-0.25, -0.2) is 0 Å². The molecule has 0 bridgehead atoms. The Hall–Kier alpha value is -1.39. The van der Waals surface area contributed by atoms with Crippen molar-refractivity contribution >= 4 is 21.7 Å². The molecule has 2 rings (SSSR count). The van der Waals surface area contributed by atoms with E-state index in [4.69, 9.17) is 4.74 Å². The number of aliphatic hydroxyl groups is 1. The van der Waals surface area contributed by atoms with Gasteiger partial charge in [0.2, 0.25) is 0 Å². The van der Waals surface area contributed by atoms with Gasteiger partial charge in [-0.2, -0.15) is 0 Å². The highest BCUT2D eigenvalue weighted by Crippen LogP contribution is 2.34. The molecule has 18 heavy (non-hydrogen) atoms. The van der Waals surface area contributed by atoms with Gasteiger partial charge < -0.3 is 9.84 Å². The summed E-state index contributed by atoms with van der Waals surface area (Å²) in [6, 6.07) is 8.88. The third-order valence-electron chi connectivity index (χ3n) is 2.84. The standard InChI is InChI=1S/C14H13BrO3/c1-18-14(15)8-7-11(12(16)9-14)13(17)10-5-3-2-4-6-10/h2-8,16H,9H2,1H3. The number of carbonyl (C=O) groups is 1. The topological polar surface area (TPSA) is 46.5 Å². The zero-order valence-corrected chi connectivity index (χ0v) is 11.5. The molecule has 1 aromatic carbocycles. The molecule has 1 atom stereocenters. The molecular weight excluding hydrogens is 296 g/mol. The number of Topliss-reactive ketones (excluding diaryl/α,β-unsaturated/α-hetero) is 1. The number of ketones is 1. The number of halogens is 1. The van der Waals surface area contributed by atoms with Gasteiger partial charge in [-0.05, 0) is 28.1 Å². The van der Waals surface area contributed by atoms with Gasteiger partial charge in [0.25, 0.3) is 0 Å². The van der Waals surface area contributed by atoms with E-state index in [2.05, 4.69) is 15.9 Å². The first-order valence-corrected chi connectivity index (χ1v) is 6.30. The largest absolute Gasteiger partial charge is 0.511 e. The van der Waals surface area contributed by atoms with Gasteiger partial charge >= 0.3 is 0 Å². The van der Waals surface area contributed by atoms with Crippen molar-refractivity contribution in [2.45, 2.75) is 10.9 Å². The molecule has 3 nitrogen and oxygen atoms in total. The Kier molecular flexibility index (Phi) is 3.68. The molecule has 0 saturated carbocycles. The van der Waals surface area contributed by atoms with Gasteiger partial charge in [-0.15, -0.1) is 0 Å². The van der Waals surface area contributed by atoms with Crippen LogP contribution in [0.2, 0.25) is 0 Å². The van der Waals surface area contributed by atoms with E-state index in [0.29, 0.717) is 11.1 Å². The number of aliphatic hydroxyl groups excluding tert-OH is 1. The lowest BCUT2D eigenvalue weighted by Crippen LogP contribution is -2.25. The minimum Gasteiger partial charge on any atom is -0.511 e. The predicted octanol–water partition coefficient (Wildman–Crippen LogP) is 3.38. The van der Waals surface area contributed by atoms with Crippen LogP contribution in [0.15, 0.2) is 53.8 Å². The molecule has 1 N–H and O–H groups in total. The third-order valence-corrected chi connectivity index (χ3v) is 3.71. The lowest BCUT2D eigenvalue weighted by atomic mass is 9.95. The molecule has 1 aromatic rings. The van der Waals surface area contributed by atoms with Gasteiger partial charge in [-0.3, -0.25) is 4.79 Å². The second-order valence-electron chi connectivity index (χ2n) is 4.06. The molecule has 1 aliphatic carbocycles. The highest BCUT2D eigenvalue weighted by molar-refractivity contribution is 9.10. The number of hydrogen-bond donors (Lipinski definition) is 1. The first kappa shape index (κ1) is 13.1. The van der Waals surface area contributed by atoms with Crippen LogP contribution in [-0.4, -0.2) is 22.5 Å². The van der Waals surface area contributed by atoms with Crippen LogP contribution in [0.3, 0.4) is 0 Å². The number of rotatable bonds is 3. The molecule has 0 aromatic heterocycles. The van der Waals surface area contributed by atoms with Gasteiger partial charge in [-0.1, -0.05) is 30.3 Å². The fraction of sp³-hybridized carbons (Fsp3) is 0.214. The van der Waals surface area contributed by atoms with E-state index in [0.717, 1.165) is 0 Å². The molecule has 0 heterocycles. The third kappa shape index (κ3) is 2.54. The van der Waals surface area contributed by atoms with Crippen molar-refractivity contribution in [2.24, 2.45) is 0 Å². The van der Waals surface area contributed by atoms with Crippen molar-refractivity contribution in [3.05, 3.63) is 59.4 Å². The van der Waals surface area contributed by atoms with Gasteiger partial charge in [0, 0.05) is 19.1 Å². The molecular formula is C14H13BrO3. The number of alkyl halides is 1. The summed E-state index contributed by atoms with van der Waals surface area (Å²) in [5.74, 6) is -0.153. The second kappa shape index (κ2) is 5.08. The van der Waals surface area contributed by atoms with Crippen LogP contribution in [-0.2, 0) is 4.74 Å². The summed E-state index contributed by atoms with van der Waals surface area (Å²) < 4.78 is 4.48. The zero-order valence-electron chi connectivity index (χ0n) is 9.89. The van der Waals surface area contributed by atoms with E-state index in [1.54, 1.807) is 36.4 Å². The number of hydrogen-bond acceptors (Lipinski definition) is 3. The normalized spacial score (nSPS) is 23.2. The Morgan fingerprint density at radius 1 is 1.39 bits per heavy atom. The summed E-state index contributed by atoms with van der Waals surface area (Å²) in [5, 5.41) is 9.96. The number of allylic oxidation sites excluding steroid dienone is 2. The SMILES string of the molecule is COC1(Br)C=CC(C(=O)c2ccccc2)=C(O)C1. The molecule has 0 aliphatic heterocycles. The molecule has 0 spiro atoms. The summed E-state index contributed by atoms with van der Waals surface area (Å²) in [7, 11) is 1.54. The smallest absolute Gasteiger partial charge is 0.196 e. The molecule has 1 unspecified atom stereocenters. The van der Waals surface area contributed by atoms with E-state index >= 15 is 0 Å². The molecule has 0 fully saturated rings. The van der Waals surface area contributed by atoms with Crippen molar-refractivity contribution in [1.82, 2.24) is 0 Å².